The van der Waals surface area contributed by atoms with E-state index in [9.17, 15) is 4.79 Å². The highest BCUT2D eigenvalue weighted by Gasteiger charge is 2.20. The Morgan fingerprint density at radius 3 is 2.08 bits per heavy atom. The summed E-state index contributed by atoms with van der Waals surface area (Å²) >= 11 is 0. The van der Waals surface area contributed by atoms with E-state index in [0.717, 1.165) is 6.54 Å². The van der Waals surface area contributed by atoms with Gasteiger partial charge in [-0.05, 0) is 19.3 Å². The first kappa shape index (κ1) is 12.4. The molecular formula is C10H21NO2. The molecule has 78 valence electrons. The SMILES string of the molecule is CC(C)N(CC(=O)O)CC(C)(C)C. The van der Waals surface area contributed by atoms with E-state index in [0.29, 0.717) is 0 Å². The standard InChI is InChI=1S/C10H21NO2/c1-8(2)11(6-9(12)13)7-10(3,4)5/h8H,6-7H2,1-5H3,(H,12,13). The Bertz CT molecular complexity index is 170. The molecule has 0 aromatic rings. The lowest BCUT2D eigenvalue weighted by Crippen LogP contribution is -2.41. The van der Waals surface area contributed by atoms with Crippen molar-refractivity contribution in [3.05, 3.63) is 0 Å². The van der Waals surface area contributed by atoms with E-state index in [1.165, 1.54) is 0 Å². The van der Waals surface area contributed by atoms with Gasteiger partial charge in [0.25, 0.3) is 0 Å². The Balaban J connectivity index is 4.19. The van der Waals surface area contributed by atoms with Crippen LogP contribution in [0.3, 0.4) is 0 Å². The first-order chi connectivity index (χ1) is 5.72. The molecule has 0 aliphatic rings. The molecule has 0 saturated heterocycles. The molecule has 0 fully saturated rings. The summed E-state index contributed by atoms with van der Waals surface area (Å²) in [4.78, 5) is 12.5. The summed E-state index contributed by atoms with van der Waals surface area (Å²) in [5.41, 5.74) is 0.153. The number of carboxylic acid groups (broad SMARTS) is 1. The maximum atomic E-state index is 10.6. The third kappa shape index (κ3) is 6.58. The summed E-state index contributed by atoms with van der Waals surface area (Å²) in [5.74, 6) is -0.752. The molecule has 0 aromatic heterocycles. The van der Waals surface area contributed by atoms with Gasteiger partial charge >= 0.3 is 5.97 Å². The van der Waals surface area contributed by atoms with Gasteiger partial charge in [-0.1, -0.05) is 20.8 Å². The van der Waals surface area contributed by atoms with Crippen molar-refractivity contribution in [2.45, 2.75) is 40.7 Å². The number of carbonyl (C=O) groups is 1. The summed E-state index contributed by atoms with van der Waals surface area (Å²) in [7, 11) is 0. The summed E-state index contributed by atoms with van der Waals surface area (Å²) in [6.07, 6.45) is 0. The summed E-state index contributed by atoms with van der Waals surface area (Å²) in [6, 6.07) is 0.287. The molecule has 0 amide bonds. The van der Waals surface area contributed by atoms with Crippen molar-refractivity contribution in [2.24, 2.45) is 5.41 Å². The monoisotopic (exact) mass is 187 g/mol. The van der Waals surface area contributed by atoms with E-state index in [2.05, 4.69) is 20.8 Å². The van der Waals surface area contributed by atoms with Gasteiger partial charge in [0.2, 0.25) is 0 Å². The first-order valence-corrected chi connectivity index (χ1v) is 4.68. The number of hydrogen-bond acceptors (Lipinski definition) is 2. The molecule has 0 heterocycles. The Morgan fingerprint density at radius 1 is 1.38 bits per heavy atom. The number of nitrogens with zero attached hydrogens (tertiary/aromatic N) is 1. The van der Waals surface area contributed by atoms with Crippen LogP contribution >= 0.6 is 0 Å². The van der Waals surface area contributed by atoms with E-state index in [1.54, 1.807) is 0 Å². The van der Waals surface area contributed by atoms with Gasteiger partial charge in [0.15, 0.2) is 0 Å². The molecule has 0 rings (SSSR count). The third-order valence-corrected chi connectivity index (χ3v) is 1.75. The molecule has 1 N–H and O–H groups in total. The average Bonchev–Trinajstić information content (AvgIpc) is 1.81. The smallest absolute Gasteiger partial charge is 0.317 e. The highest BCUT2D eigenvalue weighted by molar-refractivity contribution is 5.69. The minimum atomic E-state index is -0.752. The van der Waals surface area contributed by atoms with E-state index in [1.807, 2.05) is 18.7 Å². The molecule has 3 heteroatoms. The van der Waals surface area contributed by atoms with Gasteiger partial charge in [-0.2, -0.15) is 0 Å². The fourth-order valence-electron chi connectivity index (χ4n) is 1.20. The zero-order chi connectivity index (χ0) is 10.6. The second-order valence-electron chi connectivity index (χ2n) is 4.95. The predicted molar refractivity (Wildman–Crippen MR) is 53.8 cm³/mol. The van der Waals surface area contributed by atoms with Crippen LogP contribution in [0.4, 0.5) is 0 Å². The lowest BCUT2D eigenvalue weighted by molar-refractivity contribution is -0.139. The van der Waals surface area contributed by atoms with E-state index in [-0.39, 0.29) is 18.0 Å². The van der Waals surface area contributed by atoms with Crippen LogP contribution < -0.4 is 0 Å². The molecule has 0 aromatic carbocycles. The molecule has 0 bridgehead atoms. The zero-order valence-electron chi connectivity index (χ0n) is 9.29. The number of aliphatic carboxylic acids is 1. The maximum absolute atomic E-state index is 10.6. The van der Waals surface area contributed by atoms with Crippen LogP contribution in [0.5, 0.6) is 0 Å². The van der Waals surface area contributed by atoms with Crippen molar-refractivity contribution in [3.63, 3.8) is 0 Å². The molecule has 0 atom stereocenters. The summed E-state index contributed by atoms with van der Waals surface area (Å²) in [6.45, 7) is 11.3. The second kappa shape index (κ2) is 4.61. The van der Waals surface area contributed by atoms with Gasteiger partial charge in [-0.25, -0.2) is 0 Å². The molecule has 0 aliphatic carbocycles. The van der Waals surface area contributed by atoms with Crippen LogP contribution in [0.25, 0.3) is 0 Å². The highest BCUT2D eigenvalue weighted by Crippen LogP contribution is 2.16. The van der Waals surface area contributed by atoms with Crippen molar-refractivity contribution in [3.8, 4) is 0 Å². The average molecular weight is 187 g/mol. The largest absolute Gasteiger partial charge is 0.480 e. The van der Waals surface area contributed by atoms with E-state index < -0.39 is 5.97 Å². The van der Waals surface area contributed by atoms with Crippen LogP contribution in [-0.2, 0) is 4.79 Å². The van der Waals surface area contributed by atoms with Gasteiger partial charge < -0.3 is 5.11 Å². The molecule has 0 aliphatic heterocycles. The van der Waals surface area contributed by atoms with Crippen molar-refractivity contribution >= 4 is 5.97 Å². The Morgan fingerprint density at radius 2 is 1.85 bits per heavy atom. The van der Waals surface area contributed by atoms with Gasteiger partial charge in [-0.3, -0.25) is 9.69 Å². The number of hydrogen-bond donors (Lipinski definition) is 1. The molecule has 3 nitrogen and oxygen atoms in total. The van der Waals surface area contributed by atoms with Crippen LogP contribution in [-0.4, -0.2) is 35.1 Å². The topological polar surface area (TPSA) is 40.5 Å². The quantitative estimate of drug-likeness (QED) is 0.730. The zero-order valence-corrected chi connectivity index (χ0v) is 9.29. The predicted octanol–water partition coefficient (Wildman–Crippen LogP) is 1.83. The first-order valence-electron chi connectivity index (χ1n) is 4.68. The minimum absolute atomic E-state index is 0.134. The van der Waals surface area contributed by atoms with Crippen molar-refractivity contribution in [1.82, 2.24) is 4.90 Å². The van der Waals surface area contributed by atoms with Gasteiger partial charge in [0, 0.05) is 12.6 Å². The van der Waals surface area contributed by atoms with Crippen LogP contribution in [0, 0.1) is 5.41 Å². The third-order valence-electron chi connectivity index (χ3n) is 1.75. The highest BCUT2D eigenvalue weighted by atomic mass is 16.4. The van der Waals surface area contributed by atoms with Gasteiger partial charge in [-0.15, -0.1) is 0 Å². The fourth-order valence-corrected chi connectivity index (χ4v) is 1.20. The Hall–Kier alpha value is -0.570. The van der Waals surface area contributed by atoms with Crippen molar-refractivity contribution in [1.29, 1.82) is 0 Å². The normalized spacial score (nSPS) is 12.5. The van der Waals surface area contributed by atoms with Crippen molar-refractivity contribution < 1.29 is 9.90 Å². The number of carboxylic acids is 1. The summed E-state index contributed by atoms with van der Waals surface area (Å²) < 4.78 is 0. The molecule has 0 spiro atoms. The van der Waals surface area contributed by atoms with Gasteiger partial charge in [0.1, 0.15) is 0 Å². The molecule has 0 radical (unpaired) electrons. The number of rotatable bonds is 4. The van der Waals surface area contributed by atoms with E-state index in [4.69, 9.17) is 5.11 Å². The maximum Gasteiger partial charge on any atom is 0.317 e. The van der Waals surface area contributed by atoms with E-state index >= 15 is 0 Å². The minimum Gasteiger partial charge on any atom is -0.480 e. The molecule has 13 heavy (non-hydrogen) atoms. The molecular weight excluding hydrogens is 166 g/mol. The lowest BCUT2D eigenvalue weighted by Gasteiger charge is -2.31. The second-order valence-corrected chi connectivity index (χ2v) is 4.95. The summed E-state index contributed by atoms with van der Waals surface area (Å²) in [5, 5.41) is 8.69. The van der Waals surface area contributed by atoms with Crippen molar-refractivity contribution in [2.75, 3.05) is 13.1 Å². The fraction of sp³-hybridized carbons (Fsp3) is 0.900. The Labute approximate surface area is 80.7 Å². The Kier molecular flexibility index (Phi) is 4.40. The van der Waals surface area contributed by atoms with Crippen LogP contribution in [0.15, 0.2) is 0 Å². The van der Waals surface area contributed by atoms with Gasteiger partial charge in [0.05, 0.1) is 6.54 Å². The molecule has 0 saturated carbocycles. The van der Waals surface area contributed by atoms with Crippen LogP contribution in [0.2, 0.25) is 0 Å². The van der Waals surface area contributed by atoms with Crippen LogP contribution in [0.1, 0.15) is 34.6 Å². The molecule has 0 unspecified atom stereocenters. The lowest BCUT2D eigenvalue weighted by atomic mass is 9.95.